The molecule has 1 amide bonds. The van der Waals surface area contributed by atoms with Gasteiger partial charge in [0.15, 0.2) is 0 Å². The molecule has 0 saturated carbocycles. The largest absolute Gasteiger partial charge is 0.465 e. The normalized spacial score (nSPS) is 23.1. The van der Waals surface area contributed by atoms with E-state index in [1.54, 1.807) is 13.8 Å². The fourth-order valence-corrected chi connectivity index (χ4v) is 1.88. The summed E-state index contributed by atoms with van der Waals surface area (Å²) < 4.78 is 5.02. The number of primary amides is 1. The Morgan fingerprint density at radius 1 is 1.59 bits per heavy atom. The van der Waals surface area contributed by atoms with Crippen molar-refractivity contribution in [2.75, 3.05) is 32.8 Å². The van der Waals surface area contributed by atoms with Crippen molar-refractivity contribution in [3.8, 4) is 0 Å². The van der Waals surface area contributed by atoms with E-state index >= 15 is 0 Å². The van der Waals surface area contributed by atoms with Crippen molar-refractivity contribution in [2.45, 2.75) is 19.9 Å². The Balaban J connectivity index is 2.59. The molecule has 1 saturated heterocycles. The number of esters is 1. The summed E-state index contributed by atoms with van der Waals surface area (Å²) in [5.41, 5.74) is 5.24. The first kappa shape index (κ1) is 13.9. The number of piperazine rings is 1. The van der Waals surface area contributed by atoms with Crippen LogP contribution >= 0.6 is 0 Å². The van der Waals surface area contributed by atoms with Crippen LogP contribution in [0.4, 0.5) is 0 Å². The Morgan fingerprint density at radius 3 is 2.88 bits per heavy atom. The molecule has 1 aliphatic rings. The lowest BCUT2D eigenvalue weighted by molar-refractivity contribution is -0.150. The SMILES string of the molecule is CCOC(=O)C1CNCCN1CC(C)C(N)=O. The van der Waals surface area contributed by atoms with Crippen LogP contribution in [0.3, 0.4) is 0 Å². The molecule has 6 nitrogen and oxygen atoms in total. The van der Waals surface area contributed by atoms with Gasteiger partial charge in [0, 0.05) is 32.1 Å². The average Bonchev–Trinajstić information content (AvgIpc) is 2.29. The molecule has 0 aromatic heterocycles. The Hall–Kier alpha value is -1.14. The maximum absolute atomic E-state index is 11.7. The number of nitrogens with zero attached hydrogens (tertiary/aromatic N) is 1. The van der Waals surface area contributed by atoms with Gasteiger partial charge in [-0.05, 0) is 6.92 Å². The molecule has 98 valence electrons. The predicted molar refractivity (Wildman–Crippen MR) is 63.2 cm³/mol. The van der Waals surface area contributed by atoms with Gasteiger partial charge in [0.25, 0.3) is 0 Å². The lowest BCUT2D eigenvalue weighted by atomic mass is 10.1. The topological polar surface area (TPSA) is 84.7 Å². The summed E-state index contributed by atoms with van der Waals surface area (Å²) in [5.74, 6) is -0.840. The van der Waals surface area contributed by atoms with E-state index in [-0.39, 0.29) is 23.8 Å². The minimum Gasteiger partial charge on any atom is -0.465 e. The smallest absolute Gasteiger partial charge is 0.324 e. The average molecular weight is 243 g/mol. The number of carbonyl (C=O) groups excluding carboxylic acids is 2. The van der Waals surface area contributed by atoms with Gasteiger partial charge in [0.1, 0.15) is 6.04 Å². The lowest BCUT2D eigenvalue weighted by Gasteiger charge is -2.35. The Morgan fingerprint density at radius 2 is 2.29 bits per heavy atom. The van der Waals surface area contributed by atoms with Crippen molar-refractivity contribution in [2.24, 2.45) is 11.7 Å². The number of nitrogens with two attached hydrogens (primary N) is 1. The Bertz CT molecular complexity index is 283. The van der Waals surface area contributed by atoms with Crippen LogP contribution in [-0.2, 0) is 14.3 Å². The molecular weight excluding hydrogens is 222 g/mol. The number of hydrogen-bond acceptors (Lipinski definition) is 5. The molecular formula is C11H21N3O3. The van der Waals surface area contributed by atoms with Crippen molar-refractivity contribution in [3.63, 3.8) is 0 Å². The zero-order valence-corrected chi connectivity index (χ0v) is 10.4. The summed E-state index contributed by atoms with van der Waals surface area (Å²) in [6, 6.07) is -0.314. The van der Waals surface area contributed by atoms with E-state index in [0.29, 0.717) is 19.7 Å². The van der Waals surface area contributed by atoms with E-state index in [4.69, 9.17) is 10.5 Å². The first-order valence-electron chi connectivity index (χ1n) is 5.97. The highest BCUT2D eigenvalue weighted by molar-refractivity contribution is 5.78. The first-order valence-corrected chi connectivity index (χ1v) is 5.97. The fraction of sp³-hybridized carbons (Fsp3) is 0.818. The number of carbonyl (C=O) groups is 2. The second kappa shape index (κ2) is 6.56. The molecule has 17 heavy (non-hydrogen) atoms. The molecule has 0 aromatic rings. The van der Waals surface area contributed by atoms with Crippen LogP contribution in [0.1, 0.15) is 13.8 Å². The van der Waals surface area contributed by atoms with Crippen LogP contribution in [0.2, 0.25) is 0 Å². The molecule has 0 radical (unpaired) electrons. The minimum atomic E-state index is -0.342. The van der Waals surface area contributed by atoms with Gasteiger partial charge in [-0.2, -0.15) is 0 Å². The third kappa shape index (κ3) is 3.98. The van der Waals surface area contributed by atoms with Crippen molar-refractivity contribution in [1.29, 1.82) is 0 Å². The van der Waals surface area contributed by atoms with Crippen LogP contribution < -0.4 is 11.1 Å². The third-order valence-electron chi connectivity index (χ3n) is 2.91. The van der Waals surface area contributed by atoms with Crippen LogP contribution in [0.25, 0.3) is 0 Å². The second-order valence-corrected chi connectivity index (χ2v) is 4.27. The number of ether oxygens (including phenoxy) is 1. The Kier molecular flexibility index (Phi) is 5.37. The van der Waals surface area contributed by atoms with Gasteiger partial charge in [-0.15, -0.1) is 0 Å². The van der Waals surface area contributed by atoms with Gasteiger partial charge in [-0.1, -0.05) is 6.92 Å². The minimum absolute atomic E-state index is 0.239. The molecule has 6 heteroatoms. The number of amides is 1. The maximum atomic E-state index is 11.7. The molecule has 0 aliphatic carbocycles. The van der Waals surface area contributed by atoms with E-state index in [0.717, 1.165) is 13.1 Å². The van der Waals surface area contributed by atoms with E-state index in [9.17, 15) is 9.59 Å². The molecule has 1 aliphatic heterocycles. The molecule has 1 heterocycles. The molecule has 0 bridgehead atoms. The lowest BCUT2D eigenvalue weighted by Crippen LogP contribution is -2.57. The summed E-state index contributed by atoms with van der Waals surface area (Å²) >= 11 is 0. The molecule has 2 unspecified atom stereocenters. The second-order valence-electron chi connectivity index (χ2n) is 4.27. The van der Waals surface area contributed by atoms with Crippen LogP contribution in [0.15, 0.2) is 0 Å². The fourth-order valence-electron chi connectivity index (χ4n) is 1.88. The maximum Gasteiger partial charge on any atom is 0.324 e. The summed E-state index contributed by atoms with van der Waals surface area (Å²) in [5, 5.41) is 3.15. The molecule has 0 spiro atoms. The van der Waals surface area contributed by atoms with Crippen molar-refractivity contribution < 1.29 is 14.3 Å². The molecule has 2 atom stereocenters. The van der Waals surface area contributed by atoms with Gasteiger partial charge in [-0.3, -0.25) is 14.5 Å². The highest BCUT2D eigenvalue weighted by atomic mass is 16.5. The summed E-state index contributed by atoms with van der Waals surface area (Å²) in [6.45, 7) is 6.51. The zero-order valence-electron chi connectivity index (χ0n) is 10.4. The van der Waals surface area contributed by atoms with Crippen LogP contribution in [-0.4, -0.2) is 55.6 Å². The third-order valence-corrected chi connectivity index (χ3v) is 2.91. The molecule has 1 rings (SSSR count). The summed E-state index contributed by atoms with van der Waals surface area (Å²) in [6.07, 6.45) is 0. The van der Waals surface area contributed by atoms with E-state index in [2.05, 4.69) is 5.32 Å². The van der Waals surface area contributed by atoms with Crippen molar-refractivity contribution in [1.82, 2.24) is 10.2 Å². The molecule has 3 N–H and O–H groups in total. The summed E-state index contributed by atoms with van der Waals surface area (Å²) in [4.78, 5) is 24.7. The Labute approximate surface area is 101 Å². The van der Waals surface area contributed by atoms with Crippen LogP contribution in [0.5, 0.6) is 0 Å². The number of nitrogens with one attached hydrogen (secondary N) is 1. The van der Waals surface area contributed by atoms with Crippen molar-refractivity contribution >= 4 is 11.9 Å². The van der Waals surface area contributed by atoms with Gasteiger partial charge in [0.05, 0.1) is 6.61 Å². The molecule has 1 fully saturated rings. The number of rotatable bonds is 5. The quantitative estimate of drug-likeness (QED) is 0.602. The van der Waals surface area contributed by atoms with Gasteiger partial charge >= 0.3 is 5.97 Å². The van der Waals surface area contributed by atoms with Gasteiger partial charge < -0.3 is 15.8 Å². The van der Waals surface area contributed by atoms with E-state index < -0.39 is 0 Å². The summed E-state index contributed by atoms with van der Waals surface area (Å²) in [7, 11) is 0. The van der Waals surface area contributed by atoms with Crippen molar-refractivity contribution in [3.05, 3.63) is 0 Å². The van der Waals surface area contributed by atoms with E-state index in [1.807, 2.05) is 4.90 Å². The monoisotopic (exact) mass is 243 g/mol. The standard InChI is InChI=1S/C11H21N3O3/c1-3-17-11(16)9-6-13-4-5-14(9)7-8(2)10(12)15/h8-9,13H,3-7H2,1-2H3,(H2,12,15). The van der Waals surface area contributed by atoms with Gasteiger partial charge in [-0.25, -0.2) is 0 Å². The highest BCUT2D eigenvalue weighted by Gasteiger charge is 2.31. The zero-order chi connectivity index (χ0) is 12.8. The predicted octanol–water partition coefficient (Wildman–Crippen LogP) is -1.06. The highest BCUT2D eigenvalue weighted by Crippen LogP contribution is 2.09. The molecule has 0 aromatic carbocycles. The number of hydrogen-bond donors (Lipinski definition) is 2. The van der Waals surface area contributed by atoms with Crippen LogP contribution in [0, 0.1) is 5.92 Å². The van der Waals surface area contributed by atoms with Gasteiger partial charge in [0.2, 0.25) is 5.91 Å². The first-order chi connectivity index (χ1) is 8.06. The van der Waals surface area contributed by atoms with E-state index in [1.165, 1.54) is 0 Å².